The highest BCUT2D eigenvalue weighted by molar-refractivity contribution is 7.14. The average Bonchev–Trinajstić information content (AvgIpc) is 3.13. The van der Waals surface area contributed by atoms with Crippen molar-refractivity contribution in [2.45, 2.75) is 20.8 Å². The fraction of sp³-hybridized carbons (Fsp3) is 0.450. The molecule has 1 aliphatic rings. The number of rotatable bonds is 5. The molecule has 1 fully saturated rings. The van der Waals surface area contributed by atoms with E-state index in [9.17, 15) is 9.59 Å². The van der Waals surface area contributed by atoms with Gasteiger partial charge in [0.05, 0.1) is 18.8 Å². The first kappa shape index (κ1) is 20.3. The third-order valence-electron chi connectivity index (χ3n) is 4.82. The second-order valence-electron chi connectivity index (χ2n) is 6.85. The lowest BCUT2D eigenvalue weighted by Gasteiger charge is -2.33. The minimum Gasteiger partial charge on any atom is -0.450 e. The zero-order valence-electron chi connectivity index (χ0n) is 16.5. The minimum atomic E-state index is -0.284. The predicted molar refractivity (Wildman–Crippen MR) is 111 cm³/mol. The van der Waals surface area contributed by atoms with Gasteiger partial charge in [0.15, 0.2) is 5.13 Å². The number of aromatic nitrogens is 1. The van der Waals surface area contributed by atoms with E-state index >= 15 is 0 Å². The Balaban J connectivity index is 1.50. The number of hydrogen-bond acceptors (Lipinski definition) is 6. The number of hydrogen-bond donors (Lipinski definition) is 1. The van der Waals surface area contributed by atoms with Gasteiger partial charge in [0, 0.05) is 37.1 Å². The lowest BCUT2D eigenvalue weighted by molar-refractivity contribution is -0.117. The molecule has 7 nitrogen and oxygen atoms in total. The van der Waals surface area contributed by atoms with Crippen LogP contribution in [0.1, 0.15) is 18.1 Å². The van der Waals surface area contributed by atoms with Crippen molar-refractivity contribution in [3.05, 3.63) is 34.7 Å². The van der Waals surface area contributed by atoms with Crippen LogP contribution in [-0.4, -0.2) is 66.1 Å². The zero-order valence-corrected chi connectivity index (χ0v) is 17.3. The molecule has 0 bridgehead atoms. The van der Waals surface area contributed by atoms with E-state index in [1.165, 1.54) is 22.5 Å². The number of ether oxygens (including phenoxy) is 1. The van der Waals surface area contributed by atoms with Crippen molar-refractivity contribution in [2.75, 3.05) is 44.6 Å². The molecule has 2 amide bonds. The minimum absolute atomic E-state index is 0.0921. The van der Waals surface area contributed by atoms with Gasteiger partial charge in [-0.3, -0.25) is 9.69 Å². The van der Waals surface area contributed by atoms with Crippen molar-refractivity contribution in [1.29, 1.82) is 0 Å². The molecule has 0 radical (unpaired) electrons. The number of carbonyl (C=O) groups is 2. The summed E-state index contributed by atoms with van der Waals surface area (Å²) in [6.07, 6.45) is -0.284. The van der Waals surface area contributed by atoms with Crippen molar-refractivity contribution in [3.63, 3.8) is 0 Å². The van der Waals surface area contributed by atoms with Gasteiger partial charge in [-0.15, -0.1) is 11.3 Å². The van der Waals surface area contributed by atoms with E-state index in [2.05, 4.69) is 36.3 Å². The number of anilines is 1. The molecule has 0 unspecified atom stereocenters. The van der Waals surface area contributed by atoms with Crippen LogP contribution in [0.2, 0.25) is 0 Å². The topological polar surface area (TPSA) is 74.8 Å². The summed E-state index contributed by atoms with van der Waals surface area (Å²) in [5.41, 5.74) is 4.38. The molecular weight excluding hydrogens is 376 g/mol. The summed E-state index contributed by atoms with van der Waals surface area (Å²) in [5.74, 6) is -0.0921. The van der Waals surface area contributed by atoms with Crippen molar-refractivity contribution in [1.82, 2.24) is 14.8 Å². The average molecular weight is 403 g/mol. The predicted octanol–water partition coefficient (Wildman–Crippen LogP) is 3.14. The molecule has 1 aromatic carbocycles. The van der Waals surface area contributed by atoms with Crippen molar-refractivity contribution in [2.24, 2.45) is 0 Å². The van der Waals surface area contributed by atoms with Gasteiger partial charge in [-0.05, 0) is 38.0 Å². The Morgan fingerprint density at radius 2 is 1.93 bits per heavy atom. The number of amides is 2. The van der Waals surface area contributed by atoms with Gasteiger partial charge in [-0.25, -0.2) is 9.78 Å². The van der Waals surface area contributed by atoms with Gasteiger partial charge in [0.2, 0.25) is 5.91 Å². The van der Waals surface area contributed by atoms with Crippen molar-refractivity contribution in [3.8, 4) is 11.3 Å². The highest BCUT2D eigenvalue weighted by atomic mass is 32.1. The van der Waals surface area contributed by atoms with E-state index in [0.29, 0.717) is 37.9 Å². The summed E-state index contributed by atoms with van der Waals surface area (Å²) in [5, 5.41) is 5.44. The Labute approximate surface area is 169 Å². The molecule has 28 heavy (non-hydrogen) atoms. The number of carbonyl (C=O) groups excluding carboxylic acids is 2. The molecule has 2 aromatic rings. The zero-order chi connectivity index (χ0) is 20.1. The normalized spacial score (nSPS) is 14.8. The van der Waals surface area contributed by atoms with Gasteiger partial charge in [-0.2, -0.15) is 0 Å². The standard InChI is InChI=1S/C20H26N4O3S/c1-4-27-20(26)24-9-7-23(8-10-24)12-18(25)22-19-21-17(13-28-19)16-6-5-14(2)15(3)11-16/h5-6,11,13H,4,7-10,12H2,1-3H3,(H,21,22,25). The first-order chi connectivity index (χ1) is 13.5. The van der Waals surface area contributed by atoms with Crippen LogP contribution in [0.15, 0.2) is 23.6 Å². The van der Waals surface area contributed by atoms with Crippen LogP contribution < -0.4 is 5.32 Å². The SMILES string of the molecule is CCOC(=O)N1CCN(CC(=O)Nc2nc(-c3ccc(C)c(C)c3)cs2)CC1. The summed E-state index contributed by atoms with van der Waals surface area (Å²) in [6.45, 7) is 9.06. The van der Waals surface area contributed by atoms with E-state index in [4.69, 9.17) is 4.74 Å². The van der Waals surface area contributed by atoms with Crippen molar-refractivity contribution < 1.29 is 14.3 Å². The Kier molecular flexibility index (Phi) is 6.64. The first-order valence-electron chi connectivity index (χ1n) is 9.43. The number of benzene rings is 1. The van der Waals surface area contributed by atoms with Crippen LogP contribution in [0.25, 0.3) is 11.3 Å². The van der Waals surface area contributed by atoms with Crippen LogP contribution >= 0.6 is 11.3 Å². The second kappa shape index (κ2) is 9.16. The third-order valence-corrected chi connectivity index (χ3v) is 5.58. The molecule has 1 saturated heterocycles. The fourth-order valence-corrected chi connectivity index (χ4v) is 3.77. The largest absolute Gasteiger partial charge is 0.450 e. The number of piperazine rings is 1. The number of thiazole rings is 1. The molecule has 0 aliphatic carbocycles. The molecule has 1 aliphatic heterocycles. The van der Waals surface area contributed by atoms with E-state index in [-0.39, 0.29) is 18.5 Å². The maximum atomic E-state index is 12.4. The van der Waals surface area contributed by atoms with E-state index < -0.39 is 0 Å². The number of nitrogens with zero attached hydrogens (tertiary/aromatic N) is 3. The fourth-order valence-electron chi connectivity index (χ4n) is 3.03. The number of aryl methyl sites for hydroxylation is 2. The van der Waals surface area contributed by atoms with Gasteiger partial charge in [0.25, 0.3) is 0 Å². The highest BCUT2D eigenvalue weighted by Gasteiger charge is 2.23. The third kappa shape index (κ3) is 5.08. The van der Waals surface area contributed by atoms with Crippen molar-refractivity contribution >= 4 is 28.5 Å². The summed E-state index contributed by atoms with van der Waals surface area (Å²) in [7, 11) is 0. The van der Waals surface area contributed by atoms with Crippen LogP contribution in [0.5, 0.6) is 0 Å². The number of nitrogens with one attached hydrogen (secondary N) is 1. The maximum absolute atomic E-state index is 12.4. The summed E-state index contributed by atoms with van der Waals surface area (Å²) in [6, 6.07) is 6.24. The molecule has 1 aromatic heterocycles. The Hall–Kier alpha value is -2.45. The molecule has 150 valence electrons. The monoisotopic (exact) mass is 402 g/mol. The first-order valence-corrected chi connectivity index (χ1v) is 10.3. The van der Waals surface area contributed by atoms with E-state index in [0.717, 1.165) is 11.3 Å². The second-order valence-corrected chi connectivity index (χ2v) is 7.71. The van der Waals surface area contributed by atoms with E-state index in [1.54, 1.807) is 11.8 Å². The molecule has 1 N–H and O–H groups in total. The molecule has 0 spiro atoms. The van der Waals surface area contributed by atoms with Crippen LogP contribution in [0, 0.1) is 13.8 Å². The molecule has 0 atom stereocenters. The molecule has 0 saturated carbocycles. The molecular formula is C20H26N4O3S. The van der Waals surface area contributed by atoms with Crippen LogP contribution in [0.3, 0.4) is 0 Å². The lowest BCUT2D eigenvalue weighted by atomic mass is 10.1. The smallest absolute Gasteiger partial charge is 0.409 e. The van der Waals surface area contributed by atoms with Crippen LogP contribution in [0.4, 0.5) is 9.93 Å². The van der Waals surface area contributed by atoms with Crippen LogP contribution in [-0.2, 0) is 9.53 Å². The lowest BCUT2D eigenvalue weighted by Crippen LogP contribution is -2.50. The van der Waals surface area contributed by atoms with Gasteiger partial charge >= 0.3 is 6.09 Å². The van der Waals surface area contributed by atoms with Gasteiger partial charge in [-0.1, -0.05) is 12.1 Å². The molecule has 3 rings (SSSR count). The summed E-state index contributed by atoms with van der Waals surface area (Å²) in [4.78, 5) is 32.3. The van der Waals surface area contributed by atoms with Gasteiger partial charge in [0.1, 0.15) is 0 Å². The molecule has 2 heterocycles. The maximum Gasteiger partial charge on any atom is 0.409 e. The molecule has 8 heteroatoms. The Morgan fingerprint density at radius 3 is 2.61 bits per heavy atom. The van der Waals surface area contributed by atoms with E-state index in [1.807, 2.05) is 16.3 Å². The van der Waals surface area contributed by atoms with Gasteiger partial charge < -0.3 is 15.0 Å². The highest BCUT2D eigenvalue weighted by Crippen LogP contribution is 2.26. The Bertz CT molecular complexity index is 844. The quantitative estimate of drug-likeness (QED) is 0.832. The summed E-state index contributed by atoms with van der Waals surface area (Å²) >= 11 is 1.42. The summed E-state index contributed by atoms with van der Waals surface area (Å²) < 4.78 is 5.01. The Morgan fingerprint density at radius 1 is 1.18 bits per heavy atom.